The summed E-state index contributed by atoms with van der Waals surface area (Å²) in [4.78, 5) is 5.77. The molecule has 0 aliphatic rings. The zero-order chi connectivity index (χ0) is 13.1. The number of H-pyrrole nitrogens is 1. The van der Waals surface area contributed by atoms with Crippen LogP contribution in [0, 0.1) is 6.92 Å². The van der Waals surface area contributed by atoms with E-state index in [0.717, 1.165) is 19.4 Å². The molecule has 1 unspecified atom stereocenters. The lowest BCUT2D eigenvalue weighted by atomic mass is 10.1. The number of nitrogens with one attached hydrogen (secondary N) is 1. The predicted molar refractivity (Wildman–Crippen MR) is 79.2 cm³/mol. The van der Waals surface area contributed by atoms with Gasteiger partial charge in [-0.05, 0) is 32.8 Å². The zero-order valence-corrected chi connectivity index (χ0v) is 11.5. The van der Waals surface area contributed by atoms with Crippen LogP contribution in [0.2, 0.25) is 0 Å². The molecule has 0 saturated carbocycles. The summed E-state index contributed by atoms with van der Waals surface area (Å²) >= 11 is 0. The van der Waals surface area contributed by atoms with E-state index in [4.69, 9.17) is 5.73 Å². The second kappa shape index (κ2) is 5.44. The molecule has 1 aromatic carbocycles. The number of rotatable bonds is 5. The smallest absolute Gasteiger partial charge is 0.0651 e. The lowest BCUT2D eigenvalue weighted by Gasteiger charge is -2.20. The lowest BCUT2D eigenvalue weighted by molar-refractivity contribution is 0.622. The topological polar surface area (TPSA) is 45.0 Å². The third-order valence-electron chi connectivity index (χ3n) is 3.39. The second-order valence-corrected chi connectivity index (χ2v) is 5.19. The number of hydrogen-bond donors (Lipinski definition) is 2. The Kier molecular flexibility index (Phi) is 3.92. The van der Waals surface area contributed by atoms with Crippen molar-refractivity contribution in [3.8, 4) is 0 Å². The summed E-state index contributed by atoms with van der Waals surface area (Å²) in [5, 5.41) is 1.30. The van der Waals surface area contributed by atoms with Crippen molar-refractivity contribution in [3.63, 3.8) is 0 Å². The average molecular weight is 245 g/mol. The largest absolute Gasteiger partial charge is 0.373 e. The first-order chi connectivity index (χ1) is 8.59. The first kappa shape index (κ1) is 13.0. The maximum absolute atomic E-state index is 5.79. The molecule has 0 radical (unpaired) electrons. The van der Waals surface area contributed by atoms with Gasteiger partial charge in [0.2, 0.25) is 0 Å². The number of fused-ring (bicyclic) bond motifs is 1. The van der Waals surface area contributed by atoms with Crippen molar-refractivity contribution in [1.82, 2.24) is 4.98 Å². The Morgan fingerprint density at radius 3 is 2.78 bits per heavy atom. The molecule has 3 nitrogen and oxygen atoms in total. The van der Waals surface area contributed by atoms with Crippen molar-refractivity contribution < 1.29 is 0 Å². The fourth-order valence-electron chi connectivity index (χ4n) is 2.52. The van der Waals surface area contributed by atoms with Gasteiger partial charge >= 0.3 is 0 Å². The fraction of sp³-hybridized carbons (Fsp3) is 0.467. The summed E-state index contributed by atoms with van der Waals surface area (Å²) in [6.07, 6.45) is 2.21. The number of hydrogen-bond acceptors (Lipinski definition) is 2. The summed E-state index contributed by atoms with van der Waals surface area (Å²) in [6.45, 7) is 5.25. The van der Waals surface area contributed by atoms with Crippen molar-refractivity contribution in [2.24, 2.45) is 5.73 Å². The van der Waals surface area contributed by atoms with Gasteiger partial charge in [-0.1, -0.05) is 18.2 Å². The normalized spacial score (nSPS) is 12.9. The maximum Gasteiger partial charge on any atom is 0.0651 e. The summed E-state index contributed by atoms with van der Waals surface area (Å²) < 4.78 is 0. The number of aromatic amines is 1. The molecule has 3 N–H and O–H groups in total. The highest BCUT2D eigenvalue weighted by Gasteiger charge is 2.11. The Balaban J connectivity index is 2.16. The minimum Gasteiger partial charge on any atom is -0.373 e. The van der Waals surface area contributed by atoms with Crippen molar-refractivity contribution >= 4 is 16.6 Å². The molecule has 0 spiro atoms. The molecule has 1 atom stereocenters. The van der Waals surface area contributed by atoms with Crippen LogP contribution in [0.5, 0.6) is 0 Å². The van der Waals surface area contributed by atoms with Gasteiger partial charge in [0.25, 0.3) is 0 Å². The summed E-state index contributed by atoms with van der Waals surface area (Å²) in [7, 11) is 2.16. The summed E-state index contributed by atoms with van der Waals surface area (Å²) in [5.74, 6) is 0. The SMILES string of the molecule is Cc1[nH]c2ccccc2c1N(C)CCCC(C)N. The van der Waals surface area contributed by atoms with E-state index in [1.54, 1.807) is 0 Å². The Morgan fingerprint density at radius 2 is 2.06 bits per heavy atom. The van der Waals surface area contributed by atoms with Gasteiger partial charge in [-0.3, -0.25) is 0 Å². The van der Waals surface area contributed by atoms with Gasteiger partial charge in [0.1, 0.15) is 0 Å². The first-order valence-electron chi connectivity index (χ1n) is 6.63. The highest BCUT2D eigenvalue weighted by molar-refractivity contribution is 5.94. The number of anilines is 1. The van der Waals surface area contributed by atoms with Gasteiger partial charge in [0.05, 0.1) is 5.69 Å². The van der Waals surface area contributed by atoms with Crippen molar-refractivity contribution in [1.29, 1.82) is 0 Å². The van der Waals surface area contributed by atoms with Crippen LogP contribution < -0.4 is 10.6 Å². The van der Waals surface area contributed by atoms with E-state index >= 15 is 0 Å². The predicted octanol–water partition coefficient (Wildman–Crippen LogP) is 3.04. The first-order valence-corrected chi connectivity index (χ1v) is 6.63. The molecule has 0 fully saturated rings. The van der Waals surface area contributed by atoms with E-state index in [9.17, 15) is 0 Å². The Bertz CT molecular complexity index is 513. The van der Waals surface area contributed by atoms with Gasteiger partial charge in [-0.25, -0.2) is 0 Å². The maximum atomic E-state index is 5.79. The minimum atomic E-state index is 0.294. The third-order valence-corrected chi connectivity index (χ3v) is 3.39. The Morgan fingerprint density at radius 1 is 1.33 bits per heavy atom. The third kappa shape index (κ3) is 2.67. The molecule has 1 aromatic heterocycles. The second-order valence-electron chi connectivity index (χ2n) is 5.19. The van der Waals surface area contributed by atoms with Crippen LogP contribution in [-0.2, 0) is 0 Å². The van der Waals surface area contributed by atoms with E-state index in [-0.39, 0.29) is 0 Å². The van der Waals surface area contributed by atoms with Gasteiger partial charge in [-0.15, -0.1) is 0 Å². The number of aromatic nitrogens is 1. The van der Waals surface area contributed by atoms with Crippen molar-refractivity contribution in [2.75, 3.05) is 18.5 Å². The summed E-state index contributed by atoms with van der Waals surface area (Å²) in [6, 6.07) is 8.76. The number of benzene rings is 1. The molecule has 2 aromatic rings. The van der Waals surface area contributed by atoms with Gasteiger partial charge in [-0.2, -0.15) is 0 Å². The number of para-hydroxylation sites is 1. The van der Waals surface area contributed by atoms with Gasteiger partial charge in [0, 0.05) is 36.2 Å². The minimum absolute atomic E-state index is 0.294. The van der Waals surface area contributed by atoms with E-state index in [2.05, 4.69) is 55.0 Å². The average Bonchev–Trinajstić information content (AvgIpc) is 2.64. The molecule has 0 bridgehead atoms. The molecule has 0 saturated heterocycles. The number of aryl methyl sites for hydroxylation is 1. The molecular formula is C15H23N3. The van der Waals surface area contributed by atoms with Gasteiger partial charge in [0.15, 0.2) is 0 Å². The molecular weight excluding hydrogens is 222 g/mol. The van der Waals surface area contributed by atoms with Crippen molar-refractivity contribution in [3.05, 3.63) is 30.0 Å². The zero-order valence-electron chi connectivity index (χ0n) is 11.5. The van der Waals surface area contributed by atoms with E-state index in [1.807, 2.05) is 0 Å². The van der Waals surface area contributed by atoms with E-state index in [1.165, 1.54) is 22.3 Å². The van der Waals surface area contributed by atoms with Crippen LogP contribution in [0.25, 0.3) is 10.9 Å². The molecule has 0 aliphatic carbocycles. The van der Waals surface area contributed by atoms with Crippen LogP contribution in [0.3, 0.4) is 0 Å². The highest BCUT2D eigenvalue weighted by atomic mass is 15.1. The molecule has 0 aliphatic heterocycles. The van der Waals surface area contributed by atoms with Crippen molar-refractivity contribution in [2.45, 2.75) is 32.7 Å². The Hall–Kier alpha value is -1.48. The van der Waals surface area contributed by atoms with Crippen LogP contribution in [0.4, 0.5) is 5.69 Å². The highest BCUT2D eigenvalue weighted by Crippen LogP contribution is 2.29. The van der Waals surface area contributed by atoms with Crippen LogP contribution in [0.15, 0.2) is 24.3 Å². The van der Waals surface area contributed by atoms with Gasteiger partial charge < -0.3 is 15.6 Å². The fourth-order valence-corrected chi connectivity index (χ4v) is 2.52. The van der Waals surface area contributed by atoms with Crippen LogP contribution in [0.1, 0.15) is 25.5 Å². The van der Waals surface area contributed by atoms with E-state index < -0.39 is 0 Å². The van der Waals surface area contributed by atoms with E-state index in [0.29, 0.717) is 6.04 Å². The quantitative estimate of drug-likeness (QED) is 0.850. The standard InChI is InChI=1S/C15H23N3/c1-11(16)7-6-10-18(3)15-12(2)17-14-9-5-4-8-13(14)15/h4-5,8-9,11,17H,6-7,10,16H2,1-3H3. The summed E-state index contributed by atoms with van der Waals surface area (Å²) in [5.41, 5.74) is 9.56. The molecule has 1 heterocycles. The number of nitrogens with zero attached hydrogens (tertiary/aromatic N) is 1. The number of nitrogens with two attached hydrogens (primary N) is 1. The monoisotopic (exact) mass is 245 g/mol. The molecule has 0 amide bonds. The molecule has 3 heteroatoms. The van der Waals surface area contributed by atoms with Crippen LogP contribution in [-0.4, -0.2) is 24.6 Å². The molecule has 2 rings (SSSR count). The molecule has 18 heavy (non-hydrogen) atoms. The van der Waals surface area contributed by atoms with Crippen LogP contribution >= 0.6 is 0 Å². The molecule has 98 valence electrons. The lowest BCUT2D eigenvalue weighted by Crippen LogP contribution is -2.22. The Labute approximate surface area is 109 Å².